The van der Waals surface area contributed by atoms with E-state index >= 15 is 0 Å². The van der Waals surface area contributed by atoms with Crippen molar-refractivity contribution in [2.75, 3.05) is 6.61 Å². The predicted octanol–water partition coefficient (Wildman–Crippen LogP) is 5.22. The molecule has 1 aliphatic rings. The Labute approximate surface area is 178 Å². The van der Waals surface area contributed by atoms with Crippen LogP contribution in [0.3, 0.4) is 0 Å². The van der Waals surface area contributed by atoms with Crippen molar-refractivity contribution in [3.8, 4) is 0 Å². The number of allylic oxidation sites excluding steroid dienone is 1. The van der Waals surface area contributed by atoms with E-state index in [1.165, 1.54) is 23.1 Å². The predicted molar refractivity (Wildman–Crippen MR) is 110 cm³/mol. The highest BCUT2D eigenvalue weighted by molar-refractivity contribution is 5.95. The van der Waals surface area contributed by atoms with Gasteiger partial charge in [0, 0.05) is 18.0 Å². The summed E-state index contributed by atoms with van der Waals surface area (Å²) >= 11 is 0. The zero-order chi connectivity index (χ0) is 22.6. The molecule has 0 bridgehead atoms. The fourth-order valence-corrected chi connectivity index (χ4v) is 3.64. The third-order valence-corrected chi connectivity index (χ3v) is 5.20. The van der Waals surface area contributed by atoms with Crippen LogP contribution in [-0.2, 0) is 27.0 Å². The number of alkyl halides is 3. The molecule has 31 heavy (non-hydrogen) atoms. The van der Waals surface area contributed by atoms with E-state index in [9.17, 15) is 22.8 Å². The van der Waals surface area contributed by atoms with Crippen LogP contribution in [0, 0.1) is 0 Å². The first-order chi connectivity index (χ1) is 14.7. The molecule has 1 aliphatic heterocycles. The zero-order valence-electron chi connectivity index (χ0n) is 17.0. The normalized spacial score (nSPS) is 17.0. The standard InChI is InChI=1S/C24H22F3NO3/c1-3-13-31-23(30)22-16(2)28(15-17-7-5-4-6-8-17)21(29)14-20(22)18-9-11-19(12-10-18)24(25,26)27/h3-12,20H,1,13-15H2,2H3. The topological polar surface area (TPSA) is 46.6 Å². The Kier molecular flexibility index (Phi) is 6.63. The summed E-state index contributed by atoms with van der Waals surface area (Å²) in [6.45, 7) is 5.45. The lowest BCUT2D eigenvalue weighted by Gasteiger charge is -2.34. The number of carbonyl (C=O) groups excluding carboxylic acids is 2. The van der Waals surface area contributed by atoms with E-state index in [0.29, 0.717) is 11.3 Å². The van der Waals surface area contributed by atoms with E-state index in [2.05, 4.69) is 6.58 Å². The van der Waals surface area contributed by atoms with Gasteiger partial charge in [-0.3, -0.25) is 4.79 Å². The van der Waals surface area contributed by atoms with Gasteiger partial charge in [-0.05, 0) is 30.2 Å². The Hall–Kier alpha value is -3.35. The lowest BCUT2D eigenvalue weighted by atomic mass is 9.83. The van der Waals surface area contributed by atoms with Gasteiger partial charge in [-0.25, -0.2) is 4.79 Å². The summed E-state index contributed by atoms with van der Waals surface area (Å²) in [4.78, 5) is 27.3. The van der Waals surface area contributed by atoms with Crippen molar-refractivity contribution in [2.45, 2.75) is 32.0 Å². The maximum absolute atomic E-state index is 12.9. The molecule has 0 aromatic heterocycles. The van der Waals surface area contributed by atoms with E-state index in [1.54, 1.807) is 6.92 Å². The summed E-state index contributed by atoms with van der Waals surface area (Å²) in [5, 5.41) is 0. The summed E-state index contributed by atoms with van der Waals surface area (Å²) in [5.74, 6) is -1.53. The third-order valence-electron chi connectivity index (χ3n) is 5.20. The molecule has 1 heterocycles. The molecule has 1 unspecified atom stereocenters. The van der Waals surface area contributed by atoms with Crippen molar-refractivity contribution in [1.82, 2.24) is 4.90 Å². The van der Waals surface area contributed by atoms with Crippen molar-refractivity contribution < 1.29 is 27.5 Å². The van der Waals surface area contributed by atoms with Crippen LogP contribution in [0.15, 0.2) is 78.5 Å². The average molecular weight is 429 g/mol. The van der Waals surface area contributed by atoms with Crippen LogP contribution in [0.5, 0.6) is 0 Å². The van der Waals surface area contributed by atoms with E-state index in [0.717, 1.165) is 17.7 Å². The minimum absolute atomic E-state index is 0.0119. The maximum Gasteiger partial charge on any atom is 0.416 e. The molecule has 0 fully saturated rings. The van der Waals surface area contributed by atoms with E-state index in [-0.39, 0.29) is 31.1 Å². The zero-order valence-corrected chi connectivity index (χ0v) is 17.0. The largest absolute Gasteiger partial charge is 0.458 e. The molecule has 0 aliphatic carbocycles. The maximum atomic E-state index is 12.9. The van der Waals surface area contributed by atoms with Gasteiger partial charge in [0.1, 0.15) is 6.61 Å². The first-order valence-corrected chi connectivity index (χ1v) is 9.72. The number of hydrogen-bond acceptors (Lipinski definition) is 3. The lowest BCUT2D eigenvalue weighted by Crippen LogP contribution is -2.38. The quantitative estimate of drug-likeness (QED) is 0.467. The van der Waals surface area contributed by atoms with Gasteiger partial charge in [0.05, 0.1) is 17.7 Å². The molecule has 7 heteroatoms. The minimum Gasteiger partial charge on any atom is -0.458 e. The van der Waals surface area contributed by atoms with Crippen LogP contribution in [0.2, 0.25) is 0 Å². The van der Waals surface area contributed by atoms with Crippen LogP contribution in [0.25, 0.3) is 0 Å². The molecule has 0 radical (unpaired) electrons. The van der Waals surface area contributed by atoms with Gasteiger partial charge in [0.2, 0.25) is 5.91 Å². The fraction of sp³-hybridized carbons (Fsp3) is 0.250. The SMILES string of the molecule is C=CCOC(=O)C1=C(C)N(Cc2ccccc2)C(=O)CC1c1ccc(C(F)(F)F)cc1. The Balaban J connectivity index is 2.01. The molecule has 1 amide bonds. The van der Waals surface area contributed by atoms with Crippen LogP contribution < -0.4 is 0 Å². The Morgan fingerprint density at radius 2 is 1.81 bits per heavy atom. The summed E-state index contributed by atoms with van der Waals surface area (Å²) in [6.07, 6.45) is -3.09. The van der Waals surface area contributed by atoms with Crippen LogP contribution >= 0.6 is 0 Å². The second-order valence-corrected chi connectivity index (χ2v) is 7.23. The number of esters is 1. The van der Waals surface area contributed by atoms with Gasteiger partial charge in [0.25, 0.3) is 0 Å². The molecule has 0 saturated carbocycles. The number of hydrogen-bond donors (Lipinski definition) is 0. The summed E-state index contributed by atoms with van der Waals surface area (Å²) < 4.78 is 44.0. The second-order valence-electron chi connectivity index (χ2n) is 7.23. The number of nitrogens with zero attached hydrogens (tertiary/aromatic N) is 1. The Bertz CT molecular complexity index is 995. The highest BCUT2D eigenvalue weighted by Crippen LogP contribution is 2.39. The first kappa shape index (κ1) is 22.3. The molecule has 0 spiro atoms. The minimum atomic E-state index is -4.47. The monoisotopic (exact) mass is 429 g/mol. The van der Waals surface area contributed by atoms with E-state index < -0.39 is 23.6 Å². The van der Waals surface area contributed by atoms with Gasteiger partial charge >= 0.3 is 12.1 Å². The molecule has 2 aromatic carbocycles. The van der Waals surface area contributed by atoms with E-state index in [4.69, 9.17) is 4.74 Å². The lowest BCUT2D eigenvalue weighted by molar-refractivity contribution is -0.140. The van der Waals surface area contributed by atoms with Crippen molar-refractivity contribution in [2.24, 2.45) is 0 Å². The highest BCUT2D eigenvalue weighted by Gasteiger charge is 2.37. The molecule has 162 valence electrons. The molecule has 3 rings (SSSR count). The Morgan fingerprint density at radius 3 is 2.39 bits per heavy atom. The number of carbonyl (C=O) groups is 2. The molecule has 0 saturated heterocycles. The number of halogens is 3. The van der Waals surface area contributed by atoms with Crippen molar-refractivity contribution in [1.29, 1.82) is 0 Å². The molecule has 0 N–H and O–H groups in total. The Morgan fingerprint density at radius 1 is 1.16 bits per heavy atom. The summed E-state index contributed by atoms with van der Waals surface area (Å²) in [7, 11) is 0. The average Bonchev–Trinajstić information content (AvgIpc) is 2.74. The van der Waals surface area contributed by atoms with Gasteiger partial charge in [-0.2, -0.15) is 13.2 Å². The number of rotatable bonds is 6. The fourth-order valence-electron chi connectivity index (χ4n) is 3.64. The number of ether oxygens (including phenoxy) is 1. The van der Waals surface area contributed by atoms with Crippen molar-refractivity contribution >= 4 is 11.9 Å². The van der Waals surface area contributed by atoms with Crippen LogP contribution in [0.4, 0.5) is 13.2 Å². The van der Waals surface area contributed by atoms with Gasteiger partial charge in [-0.1, -0.05) is 55.1 Å². The summed E-state index contributed by atoms with van der Waals surface area (Å²) in [6, 6.07) is 13.8. The van der Waals surface area contributed by atoms with Crippen LogP contribution in [0.1, 0.15) is 36.0 Å². The van der Waals surface area contributed by atoms with Gasteiger partial charge < -0.3 is 9.64 Å². The molecular formula is C24H22F3NO3. The van der Waals surface area contributed by atoms with Crippen molar-refractivity contribution in [3.05, 3.63) is 95.2 Å². The molecule has 4 nitrogen and oxygen atoms in total. The summed E-state index contributed by atoms with van der Waals surface area (Å²) in [5.41, 5.74) is 1.24. The van der Waals surface area contributed by atoms with Gasteiger partial charge in [0.15, 0.2) is 0 Å². The second kappa shape index (κ2) is 9.20. The highest BCUT2D eigenvalue weighted by atomic mass is 19.4. The number of benzene rings is 2. The first-order valence-electron chi connectivity index (χ1n) is 9.72. The molecule has 2 aromatic rings. The smallest absolute Gasteiger partial charge is 0.416 e. The van der Waals surface area contributed by atoms with Crippen LogP contribution in [-0.4, -0.2) is 23.4 Å². The van der Waals surface area contributed by atoms with E-state index in [1.807, 2.05) is 30.3 Å². The molecular weight excluding hydrogens is 407 g/mol. The third kappa shape index (κ3) is 5.05. The number of amides is 1. The van der Waals surface area contributed by atoms with Crippen molar-refractivity contribution in [3.63, 3.8) is 0 Å². The van der Waals surface area contributed by atoms with Gasteiger partial charge in [-0.15, -0.1) is 0 Å². The molecule has 1 atom stereocenters.